The van der Waals surface area contributed by atoms with Crippen molar-refractivity contribution >= 4 is 11.6 Å². The van der Waals surface area contributed by atoms with Gasteiger partial charge >= 0.3 is 0 Å². The topological polar surface area (TPSA) is 42.9 Å². The summed E-state index contributed by atoms with van der Waals surface area (Å²) in [5.74, 6) is 0.922. The molecule has 0 saturated carbocycles. The van der Waals surface area contributed by atoms with Crippen molar-refractivity contribution in [2.45, 2.75) is 39.2 Å². The predicted molar refractivity (Wildman–Crippen MR) is 109 cm³/mol. The number of benzene rings is 1. The van der Waals surface area contributed by atoms with Gasteiger partial charge < -0.3 is 15.5 Å². The Balaban J connectivity index is 1.56. The second-order valence-electron chi connectivity index (χ2n) is 6.82. The molecular weight excluding hydrogens is 310 g/mol. The molecular formula is C20H35N5. The summed E-state index contributed by atoms with van der Waals surface area (Å²) in [4.78, 5) is 9.36. The Hall–Kier alpha value is -1.75. The summed E-state index contributed by atoms with van der Waals surface area (Å²) in [6.07, 6.45) is 3.52. The smallest absolute Gasteiger partial charge is 0.191 e. The lowest BCUT2D eigenvalue weighted by atomic mass is 10.2. The molecule has 140 valence electrons. The van der Waals surface area contributed by atoms with Gasteiger partial charge in [0, 0.05) is 51.5 Å². The second kappa shape index (κ2) is 11.0. The molecule has 1 aromatic rings. The van der Waals surface area contributed by atoms with Crippen LogP contribution in [0.25, 0.3) is 0 Å². The van der Waals surface area contributed by atoms with Gasteiger partial charge in [0.15, 0.2) is 5.96 Å². The van der Waals surface area contributed by atoms with Crippen LogP contribution in [0.4, 0.5) is 5.69 Å². The molecule has 5 heteroatoms. The highest BCUT2D eigenvalue weighted by molar-refractivity contribution is 5.79. The number of hydrogen-bond acceptors (Lipinski definition) is 3. The molecule has 1 saturated heterocycles. The third-order valence-electron chi connectivity index (χ3n) is 4.91. The fourth-order valence-corrected chi connectivity index (χ4v) is 3.07. The first kappa shape index (κ1) is 19.6. The van der Waals surface area contributed by atoms with Crippen LogP contribution in [0.1, 0.15) is 33.1 Å². The van der Waals surface area contributed by atoms with E-state index in [4.69, 9.17) is 0 Å². The Labute approximate surface area is 153 Å². The summed E-state index contributed by atoms with van der Waals surface area (Å²) < 4.78 is 0. The summed E-state index contributed by atoms with van der Waals surface area (Å²) in [5.41, 5.74) is 1.35. The number of nitrogens with zero attached hydrogens (tertiary/aromatic N) is 3. The Morgan fingerprint density at radius 1 is 1.12 bits per heavy atom. The van der Waals surface area contributed by atoms with Crippen molar-refractivity contribution in [1.29, 1.82) is 0 Å². The van der Waals surface area contributed by atoms with Crippen LogP contribution in [-0.2, 0) is 0 Å². The van der Waals surface area contributed by atoms with Crippen LogP contribution in [0.15, 0.2) is 35.3 Å². The molecule has 1 unspecified atom stereocenters. The van der Waals surface area contributed by atoms with Gasteiger partial charge in [0.05, 0.1) is 0 Å². The first-order chi connectivity index (χ1) is 12.2. The minimum atomic E-state index is 0.465. The van der Waals surface area contributed by atoms with Gasteiger partial charge in [-0.15, -0.1) is 0 Å². The minimum Gasteiger partial charge on any atom is -0.369 e. The van der Waals surface area contributed by atoms with E-state index in [2.05, 4.69) is 69.6 Å². The number of nitrogens with one attached hydrogen (secondary N) is 2. The SMILES string of the molecule is CCC(C)NC(=NC)NCCCCN1CCN(c2ccccc2)CC1. The Bertz CT molecular complexity index is 494. The third-order valence-corrected chi connectivity index (χ3v) is 4.91. The molecule has 0 aliphatic carbocycles. The number of hydrogen-bond donors (Lipinski definition) is 2. The van der Waals surface area contributed by atoms with Crippen molar-refractivity contribution in [1.82, 2.24) is 15.5 Å². The number of aliphatic imine (C=N–C) groups is 1. The Kier molecular flexibility index (Phi) is 8.60. The Morgan fingerprint density at radius 3 is 2.48 bits per heavy atom. The molecule has 1 aliphatic rings. The number of para-hydroxylation sites is 1. The molecule has 0 aromatic heterocycles. The van der Waals surface area contributed by atoms with Crippen molar-refractivity contribution in [2.75, 3.05) is 51.2 Å². The number of piperazine rings is 1. The van der Waals surface area contributed by atoms with Crippen LogP contribution in [0.2, 0.25) is 0 Å². The Morgan fingerprint density at radius 2 is 1.84 bits per heavy atom. The monoisotopic (exact) mass is 345 g/mol. The molecule has 0 spiro atoms. The van der Waals surface area contributed by atoms with E-state index in [-0.39, 0.29) is 0 Å². The molecule has 0 bridgehead atoms. The number of rotatable bonds is 8. The lowest BCUT2D eigenvalue weighted by molar-refractivity contribution is 0.253. The van der Waals surface area contributed by atoms with E-state index in [1.807, 2.05) is 7.05 Å². The van der Waals surface area contributed by atoms with Gasteiger partial charge in [0.1, 0.15) is 0 Å². The van der Waals surface area contributed by atoms with E-state index in [1.165, 1.54) is 38.2 Å². The zero-order valence-electron chi connectivity index (χ0n) is 16.2. The highest BCUT2D eigenvalue weighted by atomic mass is 15.3. The molecule has 0 amide bonds. The highest BCUT2D eigenvalue weighted by Gasteiger charge is 2.16. The molecule has 1 heterocycles. The van der Waals surface area contributed by atoms with Gasteiger partial charge in [-0.3, -0.25) is 9.89 Å². The van der Waals surface area contributed by atoms with Gasteiger partial charge in [-0.1, -0.05) is 25.1 Å². The first-order valence-corrected chi connectivity index (χ1v) is 9.72. The van der Waals surface area contributed by atoms with Gasteiger partial charge in [-0.25, -0.2) is 0 Å². The lowest BCUT2D eigenvalue weighted by Gasteiger charge is -2.36. The van der Waals surface area contributed by atoms with Crippen LogP contribution < -0.4 is 15.5 Å². The summed E-state index contributed by atoms with van der Waals surface area (Å²) in [5, 5.41) is 6.81. The van der Waals surface area contributed by atoms with Crippen molar-refractivity contribution < 1.29 is 0 Å². The molecule has 2 N–H and O–H groups in total. The van der Waals surface area contributed by atoms with Gasteiger partial charge in [-0.2, -0.15) is 0 Å². The predicted octanol–water partition coefficient (Wildman–Crippen LogP) is 2.55. The normalized spacial score (nSPS) is 17.4. The maximum atomic E-state index is 4.28. The molecule has 0 radical (unpaired) electrons. The maximum absolute atomic E-state index is 4.28. The number of anilines is 1. The summed E-state index contributed by atoms with van der Waals surface area (Å²) in [6.45, 7) is 11.1. The van der Waals surface area contributed by atoms with Crippen molar-refractivity contribution in [3.05, 3.63) is 30.3 Å². The number of guanidine groups is 1. The zero-order chi connectivity index (χ0) is 17.9. The van der Waals surface area contributed by atoms with Crippen molar-refractivity contribution in [2.24, 2.45) is 4.99 Å². The van der Waals surface area contributed by atoms with E-state index < -0.39 is 0 Å². The fraction of sp³-hybridized carbons (Fsp3) is 0.650. The fourth-order valence-electron chi connectivity index (χ4n) is 3.07. The van der Waals surface area contributed by atoms with Gasteiger partial charge in [0.2, 0.25) is 0 Å². The van der Waals surface area contributed by atoms with E-state index in [0.717, 1.165) is 32.0 Å². The van der Waals surface area contributed by atoms with Crippen LogP contribution >= 0.6 is 0 Å². The van der Waals surface area contributed by atoms with Gasteiger partial charge in [0.25, 0.3) is 0 Å². The molecule has 1 fully saturated rings. The molecule has 2 rings (SSSR count). The lowest BCUT2D eigenvalue weighted by Crippen LogP contribution is -2.46. The van der Waals surface area contributed by atoms with E-state index in [9.17, 15) is 0 Å². The van der Waals surface area contributed by atoms with Crippen molar-refractivity contribution in [3.8, 4) is 0 Å². The molecule has 1 aromatic carbocycles. The molecule has 5 nitrogen and oxygen atoms in total. The quantitative estimate of drug-likeness (QED) is 0.432. The minimum absolute atomic E-state index is 0.465. The largest absolute Gasteiger partial charge is 0.369 e. The molecule has 1 atom stereocenters. The van der Waals surface area contributed by atoms with Crippen LogP contribution in [-0.4, -0.2) is 63.2 Å². The summed E-state index contributed by atoms with van der Waals surface area (Å²) in [6, 6.07) is 11.2. The standard InChI is InChI=1S/C20H35N5/c1-4-18(2)23-20(21-3)22-12-8-9-13-24-14-16-25(17-15-24)19-10-6-5-7-11-19/h5-7,10-11,18H,4,8-9,12-17H2,1-3H3,(H2,21,22,23). The van der Waals surface area contributed by atoms with Crippen LogP contribution in [0.5, 0.6) is 0 Å². The third kappa shape index (κ3) is 6.94. The highest BCUT2D eigenvalue weighted by Crippen LogP contribution is 2.15. The summed E-state index contributed by atoms with van der Waals surface area (Å²) in [7, 11) is 1.84. The summed E-state index contributed by atoms with van der Waals surface area (Å²) >= 11 is 0. The second-order valence-corrected chi connectivity index (χ2v) is 6.82. The zero-order valence-corrected chi connectivity index (χ0v) is 16.2. The van der Waals surface area contributed by atoms with E-state index in [0.29, 0.717) is 6.04 Å². The maximum Gasteiger partial charge on any atom is 0.191 e. The van der Waals surface area contributed by atoms with E-state index >= 15 is 0 Å². The van der Waals surface area contributed by atoms with Gasteiger partial charge in [-0.05, 0) is 44.9 Å². The average Bonchev–Trinajstić information content (AvgIpc) is 2.67. The van der Waals surface area contributed by atoms with Crippen LogP contribution in [0, 0.1) is 0 Å². The van der Waals surface area contributed by atoms with Crippen molar-refractivity contribution in [3.63, 3.8) is 0 Å². The first-order valence-electron chi connectivity index (χ1n) is 9.72. The molecule has 25 heavy (non-hydrogen) atoms. The molecule has 1 aliphatic heterocycles. The van der Waals surface area contributed by atoms with E-state index in [1.54, 1.807) is 0 Å². The number of unbranched alkanes of at least 4 members (excludes halogenated alkanes) is 1. The average molecular weight is 346 g/mol. The van der Waals surface area contributed by atoms with Crippen LogP contribution in [0.3, 0.4) is 0 Å².